The standard InChI is InChI=1S/C25H34N2O3/c1-19(2)16-17-26-25(29)20(3)27(18-22-10-13-23(30-4)14-11-22)24(28)15-12-21-8-6-5-7-9-21/h5-11,13-14,19-20H,12,15-18H2,1-4H3,(H,26,29)/t20-/m1/s1. The molecule has 0 radical (unpaired) electrons. The normalized spacial score (nSPS) is 11.8. The third-order valence-corrected chi connectivity index (χ3v) is 5.17. The second-order valence-corrected chi connectivity index (χ2v) is 8.00. The zero-order chi connectivity index (χ0) is 21.9. The predicted molar refractivity (Wildman–Crippen MR) is 120 cm³/mol. The molecule has 0 saturated carbocycles. The van der Waals surface area contributed by atoms with Gasteiger partial charge in [-0.3, -0.25) is 9.59 Å². The molecule has 0 aliphatic rings. The largest absolute Gasteiger partial charge is 0.497 e. The summed E-state index contributed by atoms with van der Waals surface area (Å²) in [5.41, 5.74) is 2.08. The molecule has 2 aromatic carbocycles. The first-order valence-electron chi connectivity index (χ1n) is 10.6. The second kappa shape index (κ2) is 12.0. The Hall–Kier alpha value is -2.82. The molecular formula is C25H34N2O3. The summed E-state index contributed by atoms with van der Waals surface area (Å²) in [6, 6.07) is 17.0. The Labute approximate surface area is 180 Å². The zero-order valence-electron chi connectivity index (χ0n) is 18.6. The van der Waals surface area contributed by atoms with Crippen LogP contribution in [0.2, 0.25) is 0 Å². The molecule has 0 heterocycles. The second-order valence-electron chi connectivity index (χ2n) is 8.00. The van der Waals surface area contributed by atoms with Gasteiger partial charge >= 0.3 is 0 Å². The van der Waals surface area contributed by atoms with Crippen molar-refractivity contribution in [3.63, 3.8) is 0 Å². The Kier molecular flexibility index (Phi) is 9.39. The van der Waals surface area contributed by atoms with Crippen molar-refractivity contribution in [3.8, 4) is 5.75 Å². The van der Waals surface area contributed by atoms with Crippen LogP contribution in [0.1, 0.15) is 44.7 Å². The Balaban J connectivity index is 2.08. The van der Waals surface area contributed by atoms with Gasteiger partial charge in [0.25, 0.3) is 0 Å². The molecule has 0 aromatic heterocycles. The summed E-state index contributed by atoms with van der Waals surface area (Å²) in [5.74, 6) is 1.14. The average Bonchev–Trinajstić information content (AvgIpc) is 2.76. The van der Waals surface area contributed by atoms with Gasteiger partial charge in [0.05, 0.1) is 7.11 Å². The zero-order valence-corrected chi connectivity index (χ0v) is 18.6. The van der Waals surface area contributed by atoms with Gasteiger partial charge in [-0.05, 0) is 48.9 Å². The van der Waals surface area contributed by atoms with Crippen LogP contribution in [0, 0.1) is 5.92 Å². The SMILES string of the molecule is COc1ccc(CN(C(=O)CCc2ccccc2)[C@H](C)C(=O)NCCC(C)C)cc1. The minimum atomic E-state index is -0.539. The Morgan fingerprint density at radius 3 is 2.23 bits per heavy atom. The number of methoxy groups -OCH3 is 1. The molecule has 0 aliphatic heterocycles. The third-order valence-electron chi connectivity index (χ3n) is 5.17. The van der Waals surface area contributed by atoms with E-state index in [-0.39, 0.29) is 11.8 Å². The van der Waals surface area contributed by atoms with Crippen LogP contribution >= 0.6 is 0 Å². The van der Waals surface area contributed by atoms with Gasteiger partial charge in [0.1, 0.15) is 11.8 Å². The molecule has 0 saturated heterocycles. The molecule has 0 spiro atoms. The molecule has 5 heteroatoms. The van der Waals surface area contributed by atoms with E-state index in [1.54, 1.807) is 18.9 Å². The Morgan fingerprint density at radius 1 is 0.967 bits per heavy atom. The van der Waals surface area contributed by atoms with Gasteiger partial charge < -0.3 is 15.0 Å². The van der Waals surface area contributed by atoms with E-state index < -0.39 is 6.04 Å². The first-order valence-corrected chi connectivity index (χ1v) is 10.6. The number of carbonyl (C=O) groups excluding carboxylic acids is 2. The fraction of sp³-hybridized carbons (Fsp3) is 0.440. The highest BCUT2D eigenvalue weighted by Gasteiger charge is 2.25. The van der Waals surface area contributed by atoms with Gasteiger partial charge in [-0.2, -0.15) is 0 Å². The van der Waals surface area contributed by atoms with Gasteiger partial charge in [-0.15, -0.1) is 0 Å². The molecule has 162 valence electrons. The van der Waals surface area contributed by atoms with Crippen LogP contribution in [-0.2, 0) is 22.6 Å². The molecule has 1 N–H and O–H groups in total. The van der Waals surface area contributed by atoms with Gasteiger partial charge in [0, 0.05) is 19.5 Å². The van der Waals surface area contributed by atoms with Gasteiger partial charge in [-0.25, -0.2) is 0 Å². The highest BCUT2D eigenvalue weighted by Crippen LogP contribution is 2.16. The number of amides is 2. The number of hydrogen-bond donors (Lipinski definition) is 1. The van der Waals surface area contributed by atoms with E-state index in [9.17, 15) is 9.59 Å². The van der Waals surface area contributed by atoms with Crippen molar-refractivity contribution in [1.82, 2.24) is 10.2 Å². The molecule has 2 rings (SSSR count). The molecule has 1 atom stereocenters. The van der Waals surface area contributed by atoms with Crippen LogP contribution in [0.5, 0.6) is 5.75 Å². The van der Waals surface area contributed by atoms with Crippen LogP contribution in [-0.4, -0.2) is 36.4 Å². The highest BCUT2D eigenvalue weighted by molar-refractivity contribution is 5.87. The number of nitrogens with one attached hydrogen (secondary N) is 1. The summed E-state index contributed by atoms with van der Waals surface area (Å²) in [4.78, 5) is 27.5. The van der Waals surface area contributed by atoms with E-state index in [0.29, 0.717) is 31.8 Å². The van der Waals surface area contributed by atoms with Crippen molar-refractivity contribution in [3.05, 3.63) is 65.7 Å². The average molecular weight is 411 g/mol. The van der Waals surface area contributed by atoms with E-state index in [0.717, 1.165) is 23.3 Å². The fourth-order valence-electron chi connectivity index (χ4n) is 3.18. The molecule has 0 unspecified atom stereocenters. The lowest BCUT2D eigenvalue weighted by Gasteiger charge is -2.29. The molecule has 0 aliphatic carbocycles. The summed E-state index contributed by atoms with van der Waals surface area (Å²) in [7, 11) is 1.62. The van der Waals surface area contributed by atoms with Crippen molar-refractivity contribution < 1.29 is 14.3 Å². The minimum Gasteiger partial charge on any atom is -0.497 e. The summed E-state index contributed by atoms with van der Waals surface area (Å²) >= 11 is 0. The van der Waals surface area contributed by atoms with Crippen LogP contribution in [0.25, 0.3) is 0 Å². The fourth-order valence-corrected chi connectivity index (χ4v) is 3.18. The lowest BCUT2D eigenvalue weighted by atomic mass is 10.1. The molecule has 2 amide bonds. The van der Waals surface area contributed by atoms with E-state index in [2.05, 4.69) is 19.2 Å². The smallest absolute Gasteiger partial charge is 0.242 e. The lowest BCUT2D eigenvalue weighted by Crippen LogP contribution is -2.48. The quantitative estimate of drug-likeness (QED) is 0.604. The number of aryl methyl sites for hydroxylation is 1. The number of benzene rings is 2. The van der Waals surface area contributed by atoms with Crippen molar-refractivity contribution in [2.45, 2.75) is 52.6 Å². The summed E-state index contributed by atoms with van der Waals surface area (Å²) in [6.07, 6.45) is 1.93. The van der Waals surface area contributed by atoms with Gasteiger partial charge in [0.2, 0.25) is 11.8 Å². The highest BCUT2D eigenvalue weighted by atomic mass is 16.5. The van der Waals surface area contributed by atoms with Crippen LogP contribution in [0.3, 0.4) is 0 Å². The molecule has 0 fully saturated rings. The molecular weight excluding hydrogens is 376 g/mol. The predicted octanol–water partition coefficient (Wildman–Crippen LogP) is 4.21. The van der Waals surface area contributed by atoms with Crippen LogP contribution in [0.15, 0.2) is 54.6 Å². The number of carbonyl (C=O) groups is 2. The van der Waals surface area contributed by atoms with Crippen molar-refractivity contribution in [2.24, 2.45) is 5.92 Å². The maximum atomic E-state index is 13.1. The van der Waals surface area contributed by atoms with Crippen molar-refractivity contribution >= 4 is 11.8 Å². The number of rotatable bonds is 11. The first-order chi connectivity index (χ1) is 14.4. The van der Waals surface area contributed by atoms with Crippen LogP contribution in [0.4, 0.5) is 0 Å². The van der Waals surface area contributed by atoms with E-state index in [1.165, 1.54) is 0 Å². The summed E-state index contributed by atoms with van der Waals surface area (Å²) < 4.78 is 5.21. The first kappa shape index (κ1) is 23.5. The monoisotopic (exact) mass is 410 g/mol. The molecule has 30 heavy (non-hydrogen) atoms. The number of ether oxygens (including phenoxy) is 1. The van der Waals surface area contributed by atoms with Gasteiger partial charge in [-0.1, -0.05) is 56.3 Å². The molecule has 2 aromatic rings. The lowest BCUT2D eigenvalue weighted by molar-refractivity contribution is -0.140. The minimum absolute atomic E-state index is 0.0267. The van der Waals surface area contributed by atoms with E-state index >= 15 is 0 Å². The van der Waals surface area contributed by atoms with Crippen LogP contribution < -0.4 is 10.1 Å². The Morgan fingerprint density at radius 2 is 1.63 bits per heavy atom. The summed E-state index contributed by atoms with van der Waals surface area (Å²) in [5, 5.41) is 2.97. The molecule has 5 nitrogen and oxygen atoms in total. The molecule has 0 bridgehead atoms. The van der Waals surface area contributed by atoms with E-state index in [4.69, 9.17) is 4.74 Å². The Bertz CT molecular complexity index is 788. The van der Waals surface area contributed by atoms with Gasteiger partial charge in [0.15, 0.2) is 0 Å². The summed E-state index contributed by atoms with van der Waals surface area (Å²) in [6.45, 7) is 7.05. The maximum Gasteiger partial charge on any atom is 0.242 e. The number of nitrogens with zero attached hydrogens (tertiary/aromatic N) is 1. The van der Waals surface area contributed by atoms with Crippen molar-refractivity contribution in [1.29, 1.82) is 0 Å². The topological polar surface area (TPSA) is 58.6 Å². The van der Waals surface area contributed by atoms with E-state index in [1.807, 2.05) is 54.6 Å². The number of hydrogen-bond acceptors (Lipinski definition) is 3. The maximum absolute atomic E-state index is 13.1. The van der Waals surface area contributed by atoms with Crippen molar-refractivity contribution in [2.75, 3.05) is 13.7 Å². The third kappa shape index (κ3) is 7.54.